The second-order valence-corrected chi connectivity index (χ2v) is 8.04. The molecule has 31 heavy (non-hydrogen) atoms. The van der Waals surface area contributed by atoms with Crippen LogP contribution >= 0.6 is 23.2 Å². The quantitative estimate of drug-likeness (QED) is 0.328. The minimum atomic E-state index is -0.936. The normalized spacial score (nSPS) is 17.9. The van der Waals surface area contributed by atoms with E-state index in [-0.39, 0.29) is 21.9 Å². The van der Waals surface area contributed by atoms with Gasteiger partial charge in [-0.25, -0.2) is 0 Å². The van der Waals surface area contributed by atoms with Crippen molar-refractivity contribution in [2.24, 2.45) is 0 Å². The minimum absolute atomic E-state index is 0.0879. The van der Waals surface area contributed by atoms with Gasteiger partial charge in [0.05, 0.1) is 21.9 Å². The molecule has 0 spiro atoms. The van der Waals surface area contributed by atoms with Crippen LogP contribution in [-0.4, -0.2) is 30.9 Å². The summed E-state index contributed by atoms with van der Waals surface area (Å²) in [5.74, 6) is -1.59. The number of ketones is 1. The third kappa shape index (κ3) is 3.69. The van der Waals surface area contributed by atoms with E-state index in [9.17, 15) is 14.7 Å². The summed E-state index contributed by atoms with van der Waals surface area (Å²) in [6.45, 7) is 0. The summed E-state index contributed by atoms with van der Waals surface area (Å²) in [6, 6.07) is 14.0. The first-order chi connectivity index (χ1) is 14.8. The van der Waals surface area contributed by atoms with Gasteiger partial charge in [0.25, 0.3) is 11.7 Å². The Hall–Kier alpha value is -3.22. The zero-order valence-corrected chi connectivity index (χ0v) is 18.2. The van der Waals surface area contributed by atoms with Crippen LogP contribution in [0.1, 0.15) is 17.4 Å². The maximum Gasteiger partial charge on any atom is 0.300 e. The SMILES string of the molecule is CN(C)c1ccc(N2C(=O)C(=O)/C(=C(\O)c3ccc(Cl)c(Cl)c3)C2c2ccco2)cc1. The zero-order valence-electron chi connectivity index (χ0n) is 16.7. The number of halogens is 2. The van der Waals surface area contributed by atoms with Crippen molar-refractivity contribution in [1.29, 1.82) is 0 Å². The van der Waals surface area contributed by atoms with E-state index in [1.54, 1.807) is 24.3 Å². The molecular weight excluding hydrogens is 439 g/mol. The predicted molar refractivity (Wildman–Crippen MR) is 121 cm³/mol. The van der Waals surface area contributed by atoms with E-state index in [0.29, 0.717) is 16.5 Å². The zero-order chi connectivity index (χ0) is 22.3. The van der Waals surface area contributed by atoms with E-state index in [0.717, 1.165) is 5.69 Å². The number of furan rings is 1. The fourth-order valence-corrected chi connectivity index (χ4v) is 3.82. The first-order valence-corrected chi connectivity index (χ1v) is 10.1. The number of anilines is 2. The van der Waals surface area contributed by atoms with Gasteiger partial charge in [0.2, 0.25) is 0 Å². The number of benzene rings is 2. The Morgan fingerprint density at radius 2 is 1.74 bits per heavy atom. The minimum Gasteiger partial charge on any atom is -0.507 e. The number of aliphatic hydroxyl groups is 1. The monoisotopic (exact) mass is 456 g/mol. The Balaban J connectivity index is 1.88. The van der Waals surface area contributed by atoms with Gasteiger partial charge >= 0.3 is 0 Å². The van der Waals surface area contributed by atoms with Crippen molar-refractivity contribution in [2.45, 2.75) is 6.04 Å². The lowest BCUT2D eigenvalue weighted by Crippen LogP contribution is -2.29. The number of hydrogen-bond donors (Lipinski definition) is 1. The molecule has 2 aromatic carbocycles. The molecule has 1 aliphatic rings. The lowest BCUT2D eigenvalue weighted by atomic mass is 9.99. The molecule has 1 aliphatic heterocycles. The highest BCUT2D eigenvalue weighted by Crippen LogP contribution is 2.43. The van der Waals surface area contributed by atoms with Crippen LogP contribution in [0.4, 0.5) is 11.4 Å². The van der Waals surface area contributed by atoms with E-state index in [1.165, 1.54) is 29.4 Å². The Morgan fingerprint density at radius 1 is 1.03 bits per heavy atom. The summed E-state index contributed by atoms with van der Waals surface area (Å²) in [5.41, 5.74) is 1.62. The largest absolute Gasteiger partial charge is 0.507 e. The van der Waals surface area contributed by atoms with E-state index < -0.39 is 17.7 Å². The van der Waals surface area contributed by atoms with Gasteiger partial charge in [-0.15, -0.1) is 0 Å². The summed E-state index contributed by atoms with van der Waals surface area (Å²) in [7, 11) is 3.81. The van der Waals surface area contributed by atoms with Crippen LogP contribution in [0.3, 0.4) is 0 Å². The van der Waals surface area contributed by atoms with Crippen LogP contribution in [0.5, 0.6) is 0 Å². The lowest BCUT2D eigenvalue weighted by molar-refractivity contribution is -0.132. The highest BCUT2D eigenvalue weighted by Gasteiger charge is 2.48. The molecule has 1 fully saturated rings. The van der Waals surface area contributed by atoms with Gasteiger partial charge in [-0.2, -0.15) is 0 Å². The molecule has 1 amide bonds. The Morgan fingerprint density at radius 3 is 2.32 bits per heavy atom. The maximum absolute atomic E-state index is 13.0. The molecule has 0 bridgehead atoms. The van der Waals surface area contributed by atoms with Crippen LogP contribution in [0.2, 0.25) is 10.0 Å². The smallest absolute Gasteiger partial charge is 0.300 e. The Labute approximate surface area is 188 Å². The number of Topliss-reactive ketones (excluding diaryl/α,β-unsaturated/α-hetero) is 1. The van der Waals surface area contributed by atoms with E-state index in [2.05, 4.69) is 0 Å². The molecule has 3 aromatic rings. The van der Waals surface area contributed by atoms with Gasteiger partial charge in [0, 0.05) is 31.0 Å². The van der Waals surface area contributed by atoms with E-state index in [1.807, 2.05) is 31.1 Å². The van der Waals surface area contributed by atoms with Crippen molar-refractivity contribution in [3.63, 3.8) is 0 Å². The molecule has 158 valence electrons. The number of aliphatic hydroxyl groups excluding tert-OH is 1. The number of carbonyl (C=O) groups is 2. The molecule has 2 heterocycles. The summed E-state index contributed by atoms with van der Waals surface area (Å²) in [5, 5.41) is 11.5. The average Bonchev–Trinajstić information content (AvgIpc) is 3.37. The van der Waals surface area contributed by atoms with Crippen molar-refractivity contribution < 1.29 is 19.1 Å². The second kappa shape index (κ2) is 8.13. The number of rotatable bonds is 4. The van der Waals surface area contributed by atoms with Gasteiger partial charge in [0.15, 0.2) is 0 Å². The van der Waals surface area contributed by atoms with Crippen molar-refractivity contribution in [3.8, 4) is 0 Å². The topological polar surface area (TPSA) is 74.0 Å². The van der Waals surface area contributed by atoms with Gasteiger partial charge in [0.1, 0.15) is 17.6 Å². The van der Waals surface area contributed by atoms with Crippen LogP contribution < -0.4 is 9.80 Å². The van der Waals surface area contributed by atoms with Crippen molar-refractivity contribution >= 4 is 52.0 Å². The number of carbonyl (C=O) groups excluding carboxylic acids is 2. The Bertz CT molecular complexity index is 1180. The van der Waals surface area contributed by atoms with Gasteiger partial charge in [-0.05, 0) is 54.6 Å². The molecule has 1 atom stereocenters. The van der Waals surface area contributed by atoms with Crippen molar-refractivity contribution in [3.05, 3.63) is 87.8 Å². The maximum atomic E-state index is 13.0. The molecule has 1 saturated heterocycles. The van der Waals surface area contributed by atoms with Crippen molar-refractivity contribution in [1.82, 2.24) is 0 Å². The standard InChI is InChI=1S/C23H18Cl2N2O4/c1-26(2)14-6-8-15(9-7-14)27-20(18-4-3-11-31-18)19(22(29)23(27)30)21(28)13-5-10-16(24)17(25)12-13/h3-12,20,28H,1-2H3/b21-19-. The molecular formula is C23H18Cl2N2O4. The van der Waals surface area contributed by atoms with Crippen LogP contribution in [0, 0.1) is 0 Å². The van der Waals surface area contributed by atoms with Gasteiger partial charge in [-0.3, -0.25) is 14.5 Å². The highest BCUT2D eigenvalue weighted by atomic mass is 35.5. The number of amides is 1. The van der Waals surface area contributed by atoms with Gasteiger partial charge in [-0.1, -0.05) is 23.2 Å². The first kappa shape index (κ1) is 21.0. The fourth-order valence-electron chi connectivity index (χ4n) is 3.53. The predicted octanol–water partition coefficient (Wildman–Crippen LogP) is 5.28. The average molecular weight is 457 g/mol. The van der Waals surface area contributed by atoms with Crippen LogP contribution in [-0.2, 0) is 9.59 Å². The summed E-state index contributed by atoms with van der Waals surface area (Å²) >= 11 is 12.0. The van der Waals surface area contributed by atoms with Crippen molar-refractivity contribution in [2.75, 3.05) is 23.9 Å². The Kier molecular flexibility index (Phi) is 5.52. The molecule has 0 saturated carbocycles. The molecule has 4 rings (SSSR count). The molecule has 1 N–H and O–H groups in total. The summed E-state index contributed by atoms with van der Waals surface area (Å²) in [4.78, 5) is 29.3. The lowest BCUT2D eigenvalue weighted by Gasteiger charge is -2.24. The molecule has 8 heteroatoms. The fraction of sp³-hybridized carbons (Fsp3) is 0.130. The summed E-state index contributed by atoms with van der Waals surface area (Å²) < 4.78 is 5.54. The number of hydrogen-bond acceptors (Lipinski definition) is 5. The number of nitrogens with zero attached hydrogens (tertiary/aromatic N) is 2. The van der Waals surface area contributed by atoms with Crippen LogP contribution in [0.25, 0.3) is 5.76 Å². The first-order valence-electron chi connectivity index (χ1n) is 9.37. The third-order valence-electron chi connectivity index (χ3n) is 5.09. The molecule has 1 aromatic heterocycles. The van der Waals surface area contributed by atoms with Crippen LogP contribution in [0.15, 0.2) is 70.9 Å². The molecule has 0 aliphatic carbocycles. The summed E-state index contributed by atoms with van der Waals surface area (Å²) in [6.07, 6.45) is 1.45. The highest BCUT2D eigenvalue weighted by molar-refractivity contribution is 6.51. The molecule has 0 radical (unpaired) electrons. The second-order valence-electron chi connectivity index (χ2n) is 7.22. The molecule has 1 unspecified atom stereocenters. The van der Waals surface area contributed by atoms with E-state index in [4.69, 9.17) is 27.6 Å². The molecule has 6 nitrogen and oxygen atoms in total. The van der Waals surface area contributed by atoms with Gasteiger partial charge < -0.3 is 14.4 Å². The van der Waals surface area contributed by atoms with E-state index >= 15 is 0 Å². The third-order valence-corrected chi connectivity index (χ3v) is 5.83.